The standard InChI is InChI=1S/C22H27O4P/c1-6-15(2)14-26-22(24)27(25,19-10-8-7-9-11-19)21(23)20-17(4)12-16(3)13-18(20)5/h7-13,15H,6,14H2,1-5H3. The van der Waals surface area contributed by atoms with Crippen LogP contribution in [0.25, 0.3) is 0 Å². The maximum Gasteiger partial charge on any atom is 0.376 e. The molecular formula is C22H27O4P. The number of hydrogen-bond donors (Lipinski definition) is 0. The Labute approximate surface area is 161 Å². The summed E-state index contributed by atoms with van der Waals surface area (Å²) < 4.78 is 19.2. The molecule has 0 saturated heterocycles. The van der Waals surface area contributed by atoms with E-state index >= 15 is 0 Å². The van der Waals surface area contributed by atoms with Crippen LogP contribution in [0.5, 0.6) is 0 Å². The number of carbonyl (C=O) groups excluding carboxylic acids is 2. The monoisotopic (exact) mass is 386 g/mol. The first-order chi connectivity index (χ1) is 12.7. The van der Waals surface area contributed by atoms with Gasteiger partial charge in [-0.2, -0.15) is 0 Å². The summed E-state index contributed by atoms with van der Waals surface area (Å²) in [5, 5.41) is 0.212. The molecular weight excluding hydrogens is 359 g/mol. The van der Waals surface area contributed by atoms with E-state index in [9.17, 15) is 14.2 Å². The van der Waals surface area contributed by atoms with E-state index in [0.717, 1.165) is 12.0 Å². The molecule has 0 amide bonds. The van der Waals surface area contributed by atoms with Gasteiger partial charge in [0.2, 0.25) is 5.52 Å². The van der Waals surface area contributed by atoms with Gasteiger partial charge in [-0.25, -0.2) is 4.79 Å². The molecule has 0 aromatic heterocycles. The molecule has 0 aliphatic heterocycles. The summed E-state index contributed by atoms with van der Waals surface area (Å²) in [6.07, 6.45) is 0.826. The average molecular weight is 386 g/mol. The van der Waals surface area contributed by atoms with Crippen molar-refractivity contribution in [2.24, 2.45) is 5.92 Å². The molecule has 0 fully saturated rings. The molecule has 0 bridgehead atoms. The van der Waals surface area contributed by atoms with Gasteiger partial charge >= 0.3 is 5.71 Å². The van der Waals surface area contributed by atoms with E-state index in [0.29, 0.717) is 16.7 Å². The zero-order chi connectivity index (χ0) is 20.2. The molecule has 0 aliphatic carbocycles. The quantitative estimate of drug-likeness (QED) is 0.579. The van der Waals surface area contributed by atoms with Crippen LogP contribution in [0.2, 0.25) is 0 Å². The van der Waals surface area contributed by atoms with Crippen molar-refractivity contribution in [3.8, 4) is 0 Å². The number of hydrogen-bond acceptors (Lipinski definition) is 4. The number of carbonyl (C=O) groups is 2. The van der Waals surface area contributed by atoms with Crippen molar-refractivity contribution in [3.05, 3.63) is 64.7 Å². The van der Waals surface area contributed by atoms with Crippen molar-refractivity contribution in [1.82, 2.24) is 0 Å². The highest BCUT2D eigenvalue weighted by atomic mass is 31.2. The van der Waals surface area contributed by atoms with Crippen molar-refractivity contribution in [2.75, 3.05) is 6.61 Å². The molecule has 5 heteroatoms. The highest BCUT2D eigenvalue weighted by Crippen LogP contribution is 2.50. The fourth-order valence-electron chi connectivity index (χ4n) is 3.04. The van der Waals surface area contributed by atoms with Crippen LogP contribution in [0.4, 0.5) is 4.79 Å². The van der Waals surface area contributed by atoms with Gasteiger partial charge in [-0.15, -0.1) is 0 Å². The second kappa shape index (κ2) is 8.67. The van der Waals surface area contributed by atoms with Crippen molar-refractivity contribution in [2.45, 2.75) is 41.0 Å². The maximum absolute atomic E-state index is 13.9. The van der Waals surface area contributed by atoms with Crippen LogP contribution in [0, 0.1) is 26.7 Å². The molecule has 27 heavy (non-hydrogen) atoms. The first-order valence-electron chi connectivity index (χ1n) is 9.17. The Hall–Kier alpha value is -2.19. The minimum Gasteiger partial charge on any atom is -0.459 e. The lowest BCUT2D eigenvalue weighted by molar-refractivity contribution is 0.107. The Balaban J connectivity index is 2.56. The van der Waals surface area contributed by atoms with Gasteiger partial charge in [-0.3, -0.25) is 9.36 Å². The van der Waals surface area contributed by atoms with Crippen molar-refractivity contribution < 1.29 is 18.9 Å². The zero-order valence-corrected chi connectivity index (χ0v) is 17.5. The average Bonchev–Trinajstić information content (AvgIpc) is 2.64. The minimum atomic E-state index is -4.11. The summed E-state index contributed by atoms with van der Waals surface area (Å²) in [6, 6.07) is 11.9. The van der Waals surface area contributed by atoms with Crippen molar-refractivity contribution in [1.29, 1.82) is 0 Å². The first kappa shape index (κ1) is 21.1. The molecule has 2 aromatic carbocycles. The molecule has 2 atom stereocenters. The van der Waals surface area contributed by atoms with Crippen molar-refractivity contribution in [3.63, 3.8) is 0 Å². The predicted molar refractivity (Wildman–Crippen MR) is 109 cm³/mol. The SMILES string of the molecule is CCC(C)COC(=O)P(=O)(C(=O)c1c(C)cc(C)cc1C)c1ccccc1. The summed E-state index contributed by atoms with van der Waals surface area (Å²) in [7, 11) is -4.11. The van der Waals surface area contributed by atoms with E-state index in [-0.39, 0.29) is 17.8 Å². The van der Waals surface area contributed by atoms with Crippen LogP contribution in [0.15, 0.2) is 42.5 Å². The number of rotatable bonds is 7. The zero-order valence-electron chi connectivity index (χ0n) is 16.6. The smallest absolute Gasteiger partial charge is 0.376 e. The summed E-state index contributed by atoms with van der Waals surface area (Å²) in [5.74, 6) is 0.135. The van der Waals surface area contributed by atoms with E-state index in [2.05, 4.69) is 0 Å². The van der Waals surface area contributed by atoms with Gasteiger partial charge in [0.25, 0.3) is 7.14 Å². The van der Waals surface area contributed by atoms with Gasteiger partial charge in [0.05, 0.1) is 6.61 Å². The van der Waals surface area contributed by atoms with E-state index < -0.39 is 18.4 Å². The van der Waals surface area contributed by atoms with Crippen LogP contribution in [-0.4, -0.2) is 17.8 Å². The van der Waals surface area contributed by atoms with E-state index in [1.54, 1.807) is 44.2 Å². The fourth-order valence-corrected chi connectivity index (χ4v) is 5.17. The molecule has 4 nitrogen and oxygen atoms in total. The third kappa shape index (κ3) is 4.39. The van der Waals surface area contributed by atoms with Gasteiger partial charge < -0.3 is 4.74 Å². The molecule has 0 saturated carbocycles. The van der Waals surface area contributed by atoms with Crippen LogP contribution in [0.3, 0.4) is 0 Å². The summed E-state index contributed by atoms with van der Waals surface area (Å²) in [5.41, 5.74) is 1.19. The molecule has 0 N–H and O–H groups in total. The molecule has 144 valence electrons. The molecule has 0 spiro atoms. The topological polar surface area (TPSA) is 60.4 Å². The van der Waals surface area contributed by atoms with Gasteiger partial charge in [-0.05, 0) is 37.8 Å². The third-order valence-electron chi connectivity index (χ3n) is 4.74. The lowest BCUT2D eigenvalue weighted by atomic mass is 10.0. The number of ether oxygens (including phenoxy) is 1. The molecule has 2 unspecified atom stereocenters. The number of benzene rings is 2. The summed E-state index contributed by atoms with van der Waals surface area (Å²) >= 11 is 0. The summed E-state index contributed by atoms with van der Waals surface area (Å²) in [6.45, 7) is 9.60. The van der Waals surface area contributed by atoms with E-state index in [1.165, 1.54) is 0 Å². The van der Waals surface area contributed by atoms with Gasteiger partial charge in [0.15, 0.2) is 0 Å². The molecule has 2 rings (SSSR count). The van der Waals surface area contributed by atoms with Gasteiger partial charge in [0, 0.05) is 10.9 Å². The van der Waals surface area contributed by atoms with Crippen LogP contribution >= 0.6 is 7.14 Å². The second-order valence-electron chi connectivity index (χ2n) is 7.11. The van der Waals surface area contributed by atoms with Crippen molar-refractivity contribution >= 4 is 23.7 Å². The Morgan fingerprint density at radius 3 is 2.11 bits per heavy atom. The maximum atomic E-state index is 13.9. The van der Waals surface area contributed by atoms with Gasteiger partial charge in [0.1, 0.15) is 0 Å². The Morgan fingerprint density at radius 2 is 1.59 bits per heavy atom. The first-order valence-corrected chi connectivity index (χ1v) is 10.9. The highest BCUT2D eigenvalue weighted by Gasteiger charge is 2.45. The Morgan fingerprint density at radius 1 is 1.04 bits per heavy atom. The van der Waals surface area contributed by atoms with Crippen LogP contribution in [-0.2, 0) is 9.30 Å². The molecule has 2 aromatic rings. The van der Waals surface area contributed by atoms with E-state index in [4.69, 9.17) is 4.74 Å². The highest BCUT2D eigenvalue weighted by molar-refractivity contribution is 8.00. The number of aryl methyl sites for hydroxylation is 3. The Kier molecular flexibility index (Phi) is 6.78. The van der Waals surface area contributed by atoms with Crippen LogP contribution < -0.4 is 5.30 Å². The normalized spacial score (nSPS) is 14.3. The Bertz CT molecular complexity index is 863. The predicted octanol–water partition coefficient (Wildman–Crippen LogP) is 5.62. The minimum absolute atomic E-state index is 0.135. The lowest BCUT2D eigenvalue weighted by Crippen LogP contribution is -2.23. The summed E-state index contributed by atoms with van der Waals surface area (Å²) in [4.78, 5) is 26.3. The van der Waals surface area contributed by atoms with Crippen LogP contribution in [0.1, 0.15) is 47.3 Å². The fraction of sp³-hybridized carbons (Fsp3) is 0.364. The third-order valence-corrected chi connectivity index (χ3v) is 7.21. The molecule has 0 radical (unpaired) electrons. The molecule has 0 heterocycles. The van der Waals surface area contributed by atoms with E-state index in [1.807, 2.05) is 32.9 Å². The van der Waals surface area contributed by atoms with Gasteiger partial charge in [-0.1, -0.05) is 68.3 Å². The molecule has 0 aliphatic rings. The lowest BCUT2D eigenvalue weighted by Gasteiger charge is -2.20. The second-order valence-corrected chi connectivity index (χ2v) is 9.62. The largest absolute Gasteiger partial charge is 0.459 e.